The molecule has 0 saturated carbocycles. The maximum absolute atomic E-state index is 12.6. The van der Waals surface area contributed by atoms with Crippen molar-refractivity contribution in [2.45, 2.75) is 168 Å². The maximum Gasteiger partial charge on any atom is 0.472 e. The predicted molar refractivity (Wildman–Crippen MR) is 211 cm³/mol. The Morgan fingerprint density at radius 1 is 0.627 bits per heavy atom. The van der Waals surface area contributed by atoms with Gasteiger partial charge in [-0.2, -0.15) is 0 Å². The molecule has 296 valence electrons. The van der Waals surface area contributed by atoms with E-state index in [1.54, 1.807) is 7.05 Å². The summed E-state index contributed by atoms with van der Waals surface area (Å²) in [7, 11) is -2.66. The summed E-state index contributed by atoms with van der Waals surface area (Å²) in [5.41, 5.74) is 0. The Morgan fingerprint density at radius 2 is 1.12 bits per heavy atom. The number of rotatable bonds is 37. The average molecular weight is 740 g/mol. The molecule has 10 heteroatoms. The minimum absolute atomic E-state index is 0.0228. The van der Waals surface area contributed by atoms with Gasteiger partial charge in [-0.25, -0.2) is 4.57 Å². The molecule has 2 N–H and O–H groups in total. The fraction of sp³-hybridized carbons (Fsp3) is 0.756. The summed E-state index contributed by atoms with van der Waals surface area (Å²) in [5.74, 6) is -0.836. The second-order valence-corrected chi connectivity index (χ2v) is 14.5. The zero-order valence-electron chi connectivity index (χ0n) is 32.5. The first-order valence-corrected chi connectivity index (χ1v) is 21.6. The Hall–Kier alpha value is -2.03. The Bertz CT molecular complexity index is 981. The molecule has 51 heavy (non-hydrogen) atoms. The highest BCUT2D eigenvalue weighted by molar-refractivity contribution is 7.47. The SMILES string of the molecule is CC/C=C\C/C=C\C/C=C\C/C=C\CCCCCCC(=O)OC(COC(=O)CCCCCCCCCCCCCC)COP(=O)(O)OCCNC. The van der Waals surface area contributed by atoms with Gasteiger partial charge in [0, 0.05) is 19.4 Å². The molecule has 0 aromatic carbocycles. The molecular weight excluding hydrogens is 665 g/mol. The Morgan fingerprint density at radius 3 is 1.67 bits per heavy atom. The van der Waals surface area contributed by atoms with Crippen LogP contribution in [0.3, 0.4) is 0 Å². The number of esters is 2. The standard InChI is InChI=1S/C41H74NO8P/c1-4-6-8-10-12-14-16-18-19-20-21-22-24-26-28-30-32-34-41(44)50-39(38-49-51(45,46)48-36-35-42-3)37-47-40(43)33-31-29-27-25-23-17-15-13-11-9-7-5-2/h6,8,12,14,18-19,21-22,39,42H,4-5,7,9-11,13,15-17,20,23-38H2,1-3H3,(H,45,46)/b8-6-,14-12-,19-18-,22-21-. The molecule has 2 unspecified atom stereocenters. The van der Waals surface area contributed by atoms with Crippen LogP contribution in [0.15, 0.2) is 48.6 Å². The third-order valence-electron chi connectivity index (χ3n) is 8.21. The largest absolute Gasteiger partial charge is 0.472 e. The van der Waals surface area contributed by atoms with Crippen molar-refractivity contribution in [3.63, 3.8) is 0 Å². The quantitative estimate of drug-likeness (QED) is 0.0277. The van der Waals surface area contributed by atoms with Crippen molar-refractivity contribution in [1.82, 2.24) is 5.32 Å². The minimum atomic E-state index is -4.35. The summed E-state index contributed by atoms with van der Waals surface area (Å²) < 4.78 is 33.1. The summed E-state index contributed by atoms with van der Waals surface area (Å²) in [6.07, 6.45) is 40.1. The first kappa shape index (κ1) is 49.0. The molecule has 0 bridgehead atoms. The highest BCUT2D eigenvalue weighted by Crippen LogP contribution is 2.43. The minimum Gasteiger partial charge on any atom is -0.462 e. The van der Waals surface area contributed by atoms with Gasteiger partial charge in [0.1, 0.15) is 6.61 Å². The number of phosphoric ester groups is 1. The maximum atomic E-state index is 12.6. The van der Waals surface area contributed by atoms with Gasteiger partial charge in [-0.15, -0.1) is 0 Å². The van der Waals surface area contributed by atoms with Crippen molar-refractivity contribution in [1.29, 1.82) is 0 Å². The van der Waals surface area contributed by atoms with Crippen LogP contribution >= 0.6 is 7.82 Å². The first-order chi connectivity index (χ1) is 24.8. The van der Waals surface area contributed by atoms with Gasteiger partial charge in [-0.05, 0) is 58.4 Å². The van der Waals surface area contributed by atoms with Crippen molar-refractivity contribution in [3.8, 4) is 0 Å². The topological polar surface area (TPSA) is 120 Å². The molecule has 0 aromatic rings. The summed E-state index contributed by atoms with van der Waals surface area (Å²) in [4.78, 5) is 34.9. The lowest BCUT2D eigenvalue weighted by molar-refractivity contribution is -0.161. The van der Waals surface area contributed by atoms with Gasteiger partial charge in [0.25, 0.3) is 0 Å². The van der Waals surface area contributed by atoms with E-state index >= 15 is 0 Å². The Kier molecular flexibility index (Phi) is 36.2. The highest BCUT2D eigenvalue weighted by Gasteiger charge is 2.26. The number of carbonyl (C=O) groups is 2. The zero-order valence-corrected chi connectivity index (χ0v) is 33.4. The molecular formula is C41H74NO8P. The second kappa shape index (κ2) is 37.7. The van der Waals surface area contributed by atoms with Gasteiger partial charge in [-0.3, -0.25) is 18.6 Å². The number of nitrogens with one attached hydrogen (secondary N) is 1. The van der Waals surface area contributed by atoms with E-state index in [-0.39, 0.29) is 32.0 Å². The molecule has 0 fully saturated rings. The van der Waals surface area contributed by atoms with Gasteiger partial charge in [0.05, 0.1) is 13.2 Å². The van der Waals surface area contributed by atoms with Gasteiger partial charge < -0.3 is 19.7 Å². The van der Waals surface area contributed by atoms with Crippen LogP contribution in [0.1, 0.15) is 162 Å². The van der Waals surface area contributed by atoms with Gasteiger partial charge in [0.2, 0.25) is 0 Å². The van der Waals surface area contributed by atoms with E-state index in [4.69, 9.17) is 18.5 Å². The van der Waals surface area contributed by atoms with Crippen molar-refractivity contribution in [2.75, 3.05) is 33.4 Å². The van der Waals surface area contributed by atoms with E-state index in [1.807, 2.05) is 0 Å². The fourth-order valence-electron chi connectivity index (χ4n) is 5.19. The number of ether oxygens (including phenoxy) is 2. The number of unbranched alkanes of at least 4 members (excludes halogenated alkanes) is 15. The summed E-state index contributed by atoms with van der Waals surface area (Å²) in [5, 5.41) is 2.82. The molecule has 2 atom stereocenters. The van der Waals surface area contributed by atoms with Gasteiger partial charge in [-0.1, -0.05) is 146 Å². The number of phosphoric acid groups is 1. The van der Waals surface area contributed by atoms with Crippen LogP contribution in [0.25, 0.3) is 0 Å². The van der Waals surface area contributed by atoms with Crippen LogP contribution in [0.4, 0.5) is 0 Å². The average Bonchev–Trinajstić information content (AvgIpc) is 3.11. The summed E-state index contributed by atoms with van der Waals surface area (Å²) in [6, 6.07) is 0. The van der Waals surface area contributed by atoms with Crippen LogP contribution in [-0.4, -0.2) is 56.3 Å². The lowest BCUT2D eigenvalue weighted by Gasteiger charge is -2.20. The lowest BCUT2D eigenvalue weighted by atomic mass is 10.0. The smallest absolute Gasteiger partial charge is 0.462 e. The molecule has 0 heterocycles. The molecule has 0 radical (unpaired) electrons. The van der Waals surface area contributed by atoms with E-state index < -0.39 is 26.5 Å². The monoisotopic (exact) mass is 740 g/mol. The molecule has 0 rings (SSSR count). The highest BCUT2D eigenvalue weighted by atomic mass is 31.2. The normalized spacial score (nSPS) is 13.9. The van der Waals surface area contributed by atoms with Crippen molar-refractivity contribution >= 4 is 19.8 Å². The van der Waals surface area contributed by atoms with Gasteiger partial charge >= 0.3 is 19.8 Å². The molecule has 0 amide bonds. The van der Waals surface area contributed by atoms with E-state index in [1.165, 1.54) is 57.8 Å². The van der Waals surface area contributed by atoms with E-state index in [2.05, 4.69) is 67.8 Å². The van der Waals surface area contributed by atoms with E-state index in [0.29, 0.717) is 13.0 Å². The number of likely N-dealkylation sites (N-methyl/N-ethyl adjacent to an activating group) is 1. The van der Waals surface area contributed by atoms with E-state index in [0.717, 1.165) is 70.6 Å². The van der Waals surface area contributed by atoms with Crippen LogP contribution < -0.4 is 5.32 Å². The predicted octanol–water partition coefficient (Wildman–Crippen LogP) is 11.0. The van der Waals surface area contributed by atoms with Crippen LogP contribution in [0, 0.1) is 0 Å². The van der Waals surface area contributed by atoms with Gasteiger partial charge in [0.15, 0.2) is 6.10 Å². The molecule has 0 saturated heterocycles. The number of hydrogen-bond donors (Lipinski definition) is 2. The molecule has 0 aliphatic carbocycles. The number of allylic oxidation sites excluding steroid dienone is 8. The first-order valence-electron chi connectivity index (χ1n) is 20.1. The zero-order chi connectivity index (χ0) is 37.5. The molecule has 0 aliphatic heterocycles. The Balaban J connectivity index is 4.32. The third-order valence-corrected chi connectivity index (χ3v) is 9.20. The van der Waals surface area contributed by atoms with Crippen LogP contribution in [0.5, 0.6) is 0 Å². The second-order valence-electron chi connectivity index (χ2n) is 13.1. The summed E-state index contributed by atoms with van der Waals surface area (Å²) >= 11 is 0. The Labute approximate surface area is 311 Å². The van der Waals surface area contributed by atoms with Crippen molar-refractivity contribution < 1.29 is 37.6 Å². The number of hydrogen-bond acceptors (Lipinski definition) is 8. The number of carbonyl (C=O) groups excluding carboxylic acids is 2. The molecule has 9 nitrogen and oxygen atoms in total. The molecule has 0 spiro atoms. The van der Waals surface area contributed by atoms with Crippen molar-refractivity contribution in [2.24, 2.45) is 0 Å². The van der Waals surface area contributed by atoms with E-state index in [9.17, 15) is 19.0 Å². The van der Waals surface area contributed by atoms with Crippen LogP contribution in [-0.2, 0) is 32.7 Å². The summed E-state index contributed by atoms with van der Waals surface area (Å²) in [6.45, 7) is 4.07. The third kappa shape index (κ3) is 37.5. The van der Waals surface area contributed by atoms with Crippen LogP contribution in [0.2, 0.25) is 0 Å². The lowest BCUT2D eigenvalue weighted by Crippen LogP contribution is -2.29. The fourth-order valence-corrected chi connectivity index (χ4v) is 5.94. The molecule has 0 aliphatic rings. The van der Waals surface area contributed by atoms with Crippen molar-refractivity contribution in [3.05, 3.63) is 48.6 Å². The molecule has 0 aromatic heterocycles.